The zero-order valence-corrected chi connectivity index (χ0v) is 11.1. The molecule has 1 aromatic carbocycles. The molecule has 0 atom stereocenters. The van der Waals surface area contributed by atoms with Crippen LogP contribution in [-0.4, -0.2) is 12.4 Å². The summed E-state index contributed by atoms with van der Waals surface area (Å²) in [5.41, 5.74) is 1.17. The fourth-order valence-corrected chi connectivity index (χ4v) is 0.545. The number of phenols is 1. The van der Waals surface area contributed by atoms with Gasteiger partial charge in [-0.1, -0.05) is 17.7 Å². The van der Waals surface area contributed by atoms with Crippen molar-refractivity contribution in [3.63, 3.8) is 0 Å². The second-order valence-corrected chi connectivity index (χ2v) is 2.33. The molecule has 0 saturated carbocycles. The molecule has 0 aliphatic carbocycles. The predicted molar refractivity (Wildman–Crippen MR) is 54.8 cm³/mol. The molecule has 0 bridgehead atoms. The summed E-state index contributed by atoms with van der Waals surface area (Å²) in [4.78, 5) is 0. The Morgan fingerprint density at radius 3 is 1.20 bits per heavy atom. The Labute approximate surface area is 123 Å². The van der Waals surface area contributed by atoms with E-state index in [2.05, 4.69) is 20.0 Å². The first kappa shape index (κ1) is 31.1. The third-order valence-corrected chi connectivity index (χ3v) is 1.03. The minimum Gasteiger partial charge on any atom is 0 e. The fraction of sp³-hybridized carbons (Fsp3) is 0.100. The summed E-state index contributed by atoms with van der Waals surface area (Å²) in [5.74, 6) is 0.329. The molecule has 1 rings (SSSR count). The average Bonchev–Trinajstić information content (AvgIpc) is 2.38. The van der Waals surface area contributed by atoms with Gasteiger partial charge in [-0.05, 0) is 19.1 Å². The maximum absolute atomic E-state index is 9.75. The Morgan fingerprint density at radius 1 is 0.850 bits per heavy atom. The second-order valence-electron chi connectivity index (χ2n) is 2.33. The Morgan fingerprint density at radius 2 is 1.05 bits per heavy atom. The molecule has 0 aliphatic rings. The van der Waals surface area contributed by atoms with Gasteiger partial charge in [-0.2, -0.15) is 0 Å². The largest absolute Gasteiger partial charge is 0 e. The third-order valence-electron chi connectivity index (χ3n) is 1.03. The van der Waals surface area contributed by atoms with Crippen LogP contribution in [0.15, 0.2) is 24.3 Å². The Bertz CT molecular complexity index is 321. The van der Waals surface area contributed by atoms with Crippen molar-refractivity contribution >= 4 is 7.25 Å². The van der Waals surface area contributed by atoms with E-state index in [9.17, 15) is 17.3 Å². The van der Waals surface area contributed by atoms with Crippen LogP contribution >= 0.6 is 0 Å². The van der Waals surface area contributed by atoms with Crippen molar-refractivity contribution in [2.24, 2.45) is 0 Å². The normalized spacial score (nSPS) is 6.95. The summed E-state index contributed by atoms with van der Waals surface area (Å²) in [6.45, 7) is 15.5. The number of aromatic hydroxyl groups is 1. The van der Waals surface area contributed by atoms with Crippen molar-refractivity contribution in [2.75, 3.05) is 0 Å². The summed E-state index contributed by atoms with van der Waals surface area (Å²) in [6.07, 6.45) is 0. The van der Waals surface area contributed by atoms with Gasteiger partial charge in [-0.15, -0.1) is 0 Å². The molecule has 111 valence electrons. The maximum Gasteiger partial charge on any atom is 0 e. The van der Waals surface area contributed by atoms with Gasteiger partial charge in [-0.25, -0.2) is 0 Å². The summed E-state index contributed by atoms with van der Waals surface area (Å²) in [7, 11) is -6.00. The average molecular weight is 334 g/mol. The van der Waals surface area contributed by atoms with E-state index in [1.807, 2.05) is 19.1 Å². The smallest absolute Gasteiger partial charge is 0 e. The van der Waals surface area contributed by atoms with Crippen LogP contribution in [0, 0.1) is 26.9 Å². The minimum absolute atomic E-state index is 0. The number of phenolic OH excluding ortho intramolecular Hbond substituents is 1. The van der Waals surface area contributed by atoms with Crippen molar-refractivity contribution in [2.45, 2.75) is 6.92 Å². The molecule has 1 aromatic rings. The van der Waals surface area contributed by atoms with Gasteiger partial charge in [0, 0.05) is 17.1 Å². The summed E-state index contributed by atoms with van der Waals surface area (Å²) < 4.78 is 61.5. The molecule has 20 heavy (non-hydrogen) atoms. The molecule has 0 heterocycles. The number of hydrogen-bond acceptors (Lipinski definition) is 1. The quantitative estimate of drug-likeness (QED) is 0.337. The second kappa shape index (κ2) is 22.7. The van der Waals surface area contributed by atoms with E-state index >= 15 is 0 Å². The molecule has 1 N–H and O–H groups in total. The van der Waals surface area contributed by atoms with Gasteiger partial charge in [0.05, 0.1) is 0 Å². The molecule has 0 fully saturated rings. The Balaban J connectivity index is -0.0000000550. The van der Waals surface area contributed by atoms with E-state index in [4.69, 9.17) is 19.1 Å². The summed E-state index contributed by atoms with van der Waals surface area (Å²) in [5, 5.41) is 8.76. The summed E-state index contributed by atoms with van der Waals surface area (Å²) in [6, 6.07) is 7.09. The number of rotatable bonds is 0. The zero-order valence-electron chi connectivity index (χ0n) is 9.95. The zero-order chi connectivity index (χ0) is 16.5. The van der Waals surface area contributed by atoms with E-state index < -0.39 is 7.25 Å². The molecule has 0 unspecified atom stereocenters. The van der Waals surface area contributed by atoms with Crippen molar-refractivity contribution in [1.29, 1.82) is 0 Å². The van der Waals surface area contributed by atoms with Crippen LogP contribution < -0.4 is 0 Å². The van der Waals surface area contributed by atoms with Crippen LogP contribution in [-0.2, 0) is 31.0 Å². The Kier molecular flexibility index (Phi) is 35.3. The first-order valence-corrected chi connectivity index (χ1v) is 4.03. The molecule has 10 heteroatoms. The number of aryl methyl sites for hydroxylation is 1. The van der Waals surface area contributed by atoms with Gasteiger partial charge in [0.25, 0.3) is 0 Å². The topological polar surface area (TPSA) is 79.9 Å². The van der Waals surface area contributed by atoms with E-state index in [1.165, 1.54) is 5.56 Å². The standard InChI is InChI=1S/C7H8O.3CO.BF4.Mn/c1-6-2-4-7(8)5-3-6;3*1-2;2-1(3,4)5;/h2-5,8H,1H3;;;;;/q;;;;-1;. The number of benzene rings is 1. The monoisotopic (exact) mass is 334 g/mol. The minimum atomic E-state index is -6.00. The van der Waals surface area contributed by atoms with Crippen molar-refractivity contribution < 1.29 is 53.4 Å². The van der Waals surface area contributed by atoms with E-state index in [-0.39, 0.29) is 17.1 Å². The molecule has 1 radical (unpaired) electrons. The van der Waals surface area contributed by atoms with Crippen LogP contribution in [0.5, 0.6) is 5.75 Å². The van der Waals surface area contributed by atoms with Crippen LogP contribution in [0.2, 0.25) is 0 Å². The first-order valence-electron chi connectivity index (χ1n) is 4.03. The van der Waals surface area contributed by atoms with Gasteiger partial charge in [0.15, 0.2) is 0 Å². The van der Waals surface area contributed by atoms with Crippen molar-refractivity contribution in [1.82, 2.24) is 0 Å². The van der Waals surface area contributed by atoms with Crippen LogP contribution in [0.3, 0.4) is 0 Å². The number of halogens is 4. The first-order chi connectivity index (χ1) is 8.79. The van der Waals surface area contributed by atoms with Gasteiger partial charge < -0.3 is 22.4 Å². The summed E-state index contributed by atoms with van der Waals surface area (Å²) >= 11 is 0. The van der Waals surface area contributed by atoms with Crippen molar-refractivity contribution in [3.05, 3.63) is 49.8 Å². The third kappa shape index (κ3) is 54.8. The molecular formula is C10H8BF4MnO4-. The van der Waals surface area contributed by atoms with E-state index in [0.717, 1.165) is 0 Å². The van der Waals surface area contributed by atoms with Crippen LogP contribution in [0.4, 0.5) is 17.3 Å². The maximum atomic E-state index is 9.75. The van der Waals surface area contributed by atoms with Crippen LogP contribution in [0.25, 0.3) is 0 Å². The SMILES string of the molecule is Cc1ccc(O)cc1.F[B-](F)(F)F.[C-]#[O+].[C-]#[O+].[C-]#[O+].[Mn]. The van der Waals surface area contributed by atoms with Crippen LogP contribution in [0.1, 0.15) is 5.56 Å². The van der Waals surface area contributed by atoms with Gasteiger partial charge in [0.1, 0.15) is 5.75 Å². The molecule has 0 spiro atoms. The van der Waals surface area contributed by atoms with E-state index in [0.29, 0.717) is 5.75 Å². The Hall–Kier alpha value is -1.46. The molecular weight excluding hydrogens is 326 g/mol. The van der Waals surface area contributed by atoms with Gasteiger partial charge in [-0.3, -0.25) is 0 Å². The molecule has 0 aliphatic heterocycles. The fourth-order valence-electron chi connectivity index (χ4n) is 0.545. The molecule has 0 saturated heterocycles. The molecule has 4 nitrogen and oxygen atoms in total. The van der Waals surface area contributed by atoms with E-state index in [1.54, 1.807) is 12.1 Å². The van der Waals surface area contributed by atoms with Crippen molar-refractivity contribution in [3.8, 4) is 5.75 Å². The number of hydrogen-bond donors (Lipinski definition) is 1. The predicted octanol–water partition coefficient (Wildman–Crippen LogP) is 2.89. The molecule has 0 amide bonds. The van der Waals surface area contributed by atoms with Gasteiger partial charge >= 0.3 is 41.2 Å². The van der Waals surface area contributed by atoms with Gasteiger partial charge in [0.2, 0.25) is 0 Å². The molecule has 0 aromatic heterocycles.